The standard InChI is InChI=1S/C20H20N4O5S2/c25-24(26)17-8-4-6-15(12-17)14-30-20-22-21-19(29-20)16-7-5-9-18(13-16)31(27,28)23-10-2-1-3-11-23/h4-9,12-13H,1-3,10-11,14H2. The van der Waals surface area contributed by atoms with Gasteiger partial charge < -0.3 is 4.42 Å². The normalized spacial score (nSPS) is 15.1. The van der Waals surface area contributed by atoms with Gasteiger partial charge in [-0.15, -0.1) is 10.2 Å². The maximum Gasteiger partial charge on any atom is 0.277 e. The topological polar surface area (TPSA) is 119 Å². The number of sulfonamides is 1. The van der Waals surface area contributed by atoms with Crippen molar-refractivity contribution in [2.45, 2.75) is 35.1 Å². The largest absolute Gasteiger partial charge is 0.411 e. The lowest BCUT2D eigenvalue weighted by atomic mass is 10.2. The van der Waals surface area contributed by atoms with E-state index in [1.54, 1.807) is 36.4 Å². The second-order valence-corrected chi connectivity index (χ2v) is 9.95. The maximum atomic E-state index is 12.9. The number of benzene rings is 2. The van der Waals surface area contributed by atoms with Gasteiger partial charge in [0.15, 0.2) is 0 Å². The van der Waals surface area contributed by atoms with Gasteiger partial charge in [-0.05, 0) is 36.6 Å². The van der Waals surface area contributed by atoms with Crippen LogP contribution in [0.15, 0.2) is 63.1 Å². The van der Waals surface area contributed by atoms with E-state index in [1.807, 2.05) is 0 Å². The number of aromatic nitrogens is 2. The lowest BCUT2D eigenvalue weighted by molar-refractivity contribution is -0.384. The summed E-state index contributed by atoms with van der Waals surface area (Å²) in [6.07, 6.45) is 2.78. The third kappa shape index (κ3) is 4.94. The highest BCUT2D eigenvalue weighted by Crippen LogP contribution is 2.29. The smallest absolute Gasteiger partial charge is 0.277 e. The van der Waals surface area contributed by atoms with Gasteiger partial charge in [0.05, 0.1) is 9.82 Å². The first-order chi connectivity index (χ1) is 14.9. The summed E-state index contributed by atoms with van der Waals surface area (Å²) in [6, 6.07) is 12.8. The molecule has 1 aliphatic heterocycles. The number of nitrogens with zero attached hydrogens (tertiary/aromatic N) is 4. The van der Waals surface area contributed by atoms with E-state index in [-0.39, 0.29) is 16.5 Å². The first kappa shape index (κ1) is 21.5. The average molecular weight is 461 g/mol. The molecule has 0 spiro atoms. The number of nitro groups is 1. The molecule has 1 aliphatic rings. The van der Waals surface area contributed by atoms with E-state index >= 15 is 0 Å². The molecule has 0 saturated carbocycles. The molecular formula is C20H20N4O5S2. The molecule has 1 aromatic heterocycles. The van der Waals surface area contributed by atoms with Crippen LogP contribution in [-0.2, 0) is 15.8 Å². The Bertz CT molecular complexity index is 1190. The third-order valence-corrected chi connectivity index (χ3v) is 7.71. The van der Waals surface area contributed by atoms with Crippen LogP contribution >= 0.6 is 11.8 Å². The fourth-order valence-electron chi connectivity index (χ4n) is 3.33. The number of nitro benzene ring substituents is 1. The molecule has 4 rings (SSSR count). The molecule has 0 bridgehead atoms. The minimum Gasteiger partial charge on any atom is -0.411 e. The highest BCUT2D eigenvalue weighted by molar-refractivity contribution is 7.98. The maximum absolute atomic E-state index is 12.9. The second kappa shape index (κ2) is 9.16. The first-order valence-electron chi connectivity index (χ1n) is 9.74. The number of piperidine rings is 1. The summed E-state index contributed by atoms with van der Waals surface area (Å²) in [5, 5.41) is 19.2. The van der Waals surface area contributed by atoms with Gasteiger partial charge in [-0.2, -0.15) is 4.31 Å². The minimum absolute atomic E-state index is 0.0241. The number of hydrogen-bond donors (Lipinski definition) is 0. The molecule has 0 N–H and O–H groups in total. The monoisotopic (exact) mass is 460 g/mol. The van der Waals surface area contributed by atoms with Crippen LogP contribution in [0.2, 0.25) is 0 Å². The van der Waals surface area contributed by atoms with Gasteiger partial charge in [-0.25, -0.2) is 8.42 Å². The summed E-state index contributed by atoms with van der Waals surface area (Å²) in [5.74, 6) is 0.643. The van der Waals surface area contributed by atoms with Gasteiger partial charge in [0.25, 0.3) is 10.9 Å². The van der Waals surface area contributed by atoms with Gasteiger partial charge >= 0.3 is 0 Å². The lowest BCUT2D eigenvalue weighted by Gasteiger charge is -2.25. The van der Waals surface area contributed by atoms with Crippen LogP contribution in [0, 0.1) is 10.1 Å². The van der Waals surface area contributed by atoms with Crippen LogP contribution < -0.4 is 0 Å². The van der Waals surface area contributed by atoms with Crippen molar-refractivity contribution in [2.24, 2.45) is 0 Å². The van der Waals surface area contributed by atoms with E-state index < -0.39 is 14.9 Å². The van der Waals surface area contributed by atoms with E-state index in [4.69, 9.17) is 4.42 Å². The van der Waals surface area contributed by atoms with Crippen LogP contribution in [-0.4, -0.2) is 40.9 Å². The van der Waals surface area contributed by atoms with E-state index in [1.165, 1.54) is 28.2 Å². The van der Waals surface area contributed by atoms with Crippen molar-refractivity contribution in [3.05, 3.63) is 64.2 Å². The molecule has 31 heavy (non-hydrogen) atoms. The Balaban J connectivity index is 1.48. The lowest BCUT2D eigenvalue weighted by Crippen LogP contribution is -2.35. The Labute approximate surface area is 183 Å². The molecule has 1 saturated heterocycles. The quantitative estimate of drug-likeness (QED) is 0.293. The van der Waals surface area contributed by atoms with Gasteiger partial charge in [0, 0.05) is 36.5 Å². The van der Waals surface area contributed by atoms with Gasteiger partial charge in [-0.3, -0.25) is 10.1 Å². The van der Waals surface area contributed by atoms with Crippen LogP contribution in [0.4, 0.5) is 5.69 Å². The van der Waals surface area contributed by atoms with Crippen molar-refractivity contribution < 1.29 is 17.8 Å². The van der Waals surface area contributed by atoms with Gasteiger partial charge in [0.2, 0.25) is 15.9 Å². The summed E-state index contributed by atoms with van der Waals surface area (Å²) in [5.41, 5.74) is 1.30. The average Bonchev–Trinajstić information content (AvgIpc) is 3.28. The molecule has 1 fully saturated rings. The zero-order valence-electron chi connectivity index (χ0n) is 16.5. The van der Waals surface area contributed by atoms with Crippen molar-refractivity contribution in [3.63, 3.8) is 0 Å². The zero-order valence-corrected chi connectivity index (χ0v) is 18.1. The van der Waals surface area contributed by atoms with E-state index in [0.717, 1.165) is 24.8 Å². The molecule has 2 aromatic carbocycles. The molecule has 0 atom stereocenters. The molecule has 162 valence electrons. The molecule has 11 heteroatoms. The number of hydrogen-bond acceptors (Lipinski definition) is 8. The minimum atomic E-state index is -3.56. The molecule has 0 amide bonds. The Kier molecular flexibility index (Phi) is 6.35. The van der Waals surface area contributed by atoms with Crippen molar-refractivity contribution in [2.75, 3.05) is 13.1 Å². The van der Waals surface area contributed by atoms with Crippen LogP contribution in [0.1, 0.15) is 24.8 Å². The van der Waals surface area contributed by atoms with Crippen LogP contribution in [0.5, 0.6) is 0 Å². The summed E-state index contributed by atoms with van der Waals surface area (Å²) in [7, 11) is -3.56. The highest BCUT2D eigenvalue weighted by atomic mass is 32.2. The van der Waals surface area contributed by atoms with E-state index in [0.29, 0.717) is 29.6 Å². The Hall–Kier alpha value is -2.76. The Morgan fingerprint density at radius 2 is 1.84 bits per heavy atom. The fraction of sp³-hybridized carbons (Fsp3) is 0.300. The molecule has 0 radical (unpaired) electrons. The first-order valence-corrected chi connectivity index (χ1v) is 12.2. The molecular weight excluding hydrogens is 440 g/mol. The molecule has 0 unspecified atom stereocenters. The Morgan fingerprint density at radius 1 is 1.06 bits per heavy atom. The van der Waals surface area contributed by atoms with Crippen molar-refractivity contribution in [1.82, 2.24) is 14.5 Å². The summed E-state index contributed by atoms with van der Waals surface area (Å²) < 4.78 is 33.0. The molecule has 9 nitrogen and oxygen atoms in total. The zero-order chi connectivity index (χ0) is 21.8. The van der Waals surface area contributed by atoms with Gasteiger partial charge in [-0.1, -0.05) is 36.4 Å². The molecule has 3 aromatic rings. The number of thioether (sulfide) groups is 1. The SMILES string of the molecule is O=[N+]([O-])c1cccc(CSc2nnc(-c3cccc(S(=O)(=O)N4CCCCC4)c3)o2)c1. The van der Waals surface area contributed by atoms with Gasteiger partial charge in [0.1, 0.15) is 0 Å². The van der Waals surface area contributed by atoms with Crippen molar-refractivity contribution in [3.8, 4) is 11.5 Å². The van der Waals surface area contributed by atoms with Crippen LogP contribution in [0.25, 0.3) is 11.5 Å². The van der Waals surface area contributed by atoms with E-state index in [2.05, 4.69) is 10.2 Å². The van der Waals surface area contributed by atoms with E-state index in [9.17, 15) is 18.5 Å². The predicted octanol–water partition coefficient (Wildman–Crippen LogP) is 4.11. The fourth-order valence-corrected chi connectivity index (χ4v) is 5.60. The Morgan fingerprint density at radius 3 is 2.61 bits per heavy atom. The number of rotatable bonds is 7. The summed E-state index contributed by atoms with van der Waals surface area (Å²) in [6.45, 7) is 1.07. The summed E-state index contributed by atoms with van der Waals surface area (Å²) >= 11 is 1.25. The molecule has 2 heterocycles. The van der Waals surface area contributed by atoms with Crippen molar-refractivity contribution >= 4 is 27.5 Å². The third-order valence-electron chi connectivity index (χ3n) is 4.92. The summed E-state index contributed by atoms with van der Waals surface area (Å²) in [4.78, 5) is 10.7. The predicted molar refractivity (Wildman–Crippen MR) is 115 cm³/mol. The highest BCUT2D eigenvalue weighted by Gasteiger charge is 2.26. The van der Waals surface area contributed by atoms with Crippen molar-refractivity contribution in [1.29, 1.82) is 0 Å². The second-order valence-electron chi connectivity index (χ2n) is 7.08. The number of non-ortho nitro benzene ring substituents is 1. The molecule has 0 aliphatic carbocycles. The van der Waals surface area contributed by atoms with Crippen LogP contribution in [0.3, 0.4) is 0 Å².